The maximum atomic E-state index is 12.4. The van der Waals surface area contributed by atoms with Crippen molar-refractivity contribution in [2.24, 2.45) is 11.8 Å². The third kappa shape index (κ3) is 5.12. The number of methoxy groups -OCH3 is 1. The van der Waals surface area contributed by atoms with E-state index >= 15 is 0 Å². The minimum atomic E-state index is -0.462. The Kier molecular flexibility index (Phi) is 7.69. The Balaban J connectivity index is 2.05. The molecule has 0 unspecified atom stereocenters. The summed E-state index contributed by atoms with van der Waals surface area (Å²) in [6.07, 6.45) is 7.58. The molecule has 1 aromatic heterocycles. The van der Waals surface area contributed by atoms with Gasteiger partial charge in [-0.05, 0) is 43.6 Å². The van der Waals surface area contributed by atoms with Crippen LogP contribution >= 0.6 is 0 Å². The lowest BCUT2D eigenvalue weighted by Gasteiger charge is -2.35. The highest BCUT2D eigenvalue weighted by Gasteiger charge is 2.28. The van der Waals surface area contributed by atoms with Crippen LogP contribution in [0.1, 0.15) is 74.8 Å². The fourth-order valence-electron chi connectivity index (χ4n) is 4.45. The molecule has 1 aliphatic heterocycles. The smallest absolute Gasteiger partial charge is 0.356 e. The van der Waals surface area contributed by atoms with Gasteiger partial charge in [-0.3, -0.25) is 0 Å². The molecule has 0 atom stereocenters. The van der Waals surface area contributed by atoms with E-state index in [-0.39, 0.29) is 18.2 Å². The quantitative estimate of drug-likeness (QED) is 0.461. The van der Waals surface area contributed by atoms with E-state index in [0.717, 1.165) is 50.0 Å². The molecule has 3 rings (SSSR count). The van der Waals surface area contributed by atoms with Crippen LogP contribution in [0.4, 0.5) is 11.5 Å². The van der Waals surface area contributed by atoms with Gasteiger partial charge in [-0.25, -0.2) is 9.78 Å². The van der Waals surface area contributed by atoms with Crippen molar-refractivity contribution in [1.82, 2.24) is 4.98 Å². The zero-order valence-corrected chi connectivity index (χ0v) is 18.5. The third-order valence-corrected chi connectivity index (χ3v) is 6.40. The Morgan fingerprint density at radius 2 is 1.93 bits per heavy atom. The second-order valence-corrected chi connectivity index (χ2v) is 8.90. The fraction of sp³-hybridized carbons (Fsp3) is 0.696. The molecular weight excluding hydrogens is 380 g/mol. The number of pyridine rings is 1. The Bertz CT molecular complexity index is 751. The summed E-state index contributed by atoms with van der Waals surface area (Å²) in [6.45, 7) is 5.82. The first-order valence-electron chi connectivity index (χ1n) is 11.3. The molecule has 1 aliphatic carbocycles. The molecule has 0 radical (unpaired) electrons. The second kappa shape index (κ2) is 10.2. The van der Waals surface area contributed by atoms with E-state index in [0.29, 0.717) is 23.5 Å². The van der Waals surface area contributed by atoms with Crippen LogP contribution in [0, 0.1) is 17.2 Å². The van der Waals surface area contributed by atoms with Gasteiger partial charge in [0.05, 0.1) is 18.4 Å². The van der Waals surface area contributed by atoms with Crippen LogP contribution < -0.4 is 10.2 Å². The third-order valence-electron chi connectivity index (χ3n) is 6.40. The molecule has 0 amide bonds. The fourth-order valence-corrected chi connectivity index (χ4v) is 4.45. The van der Waals surface area contributed by atoms with Crippen LogP contribution in [0.5, 0.6) is 0 Å². The van der Waals surface area contributed by atoms with Gasteiger partial charge in [0, 0.05) is 31.4 Å². The highest BCUT2D eigenvalue weighted by atomic mass is 16.5. The lowest BCUT2D eigenvalue weighted by atomic mass is 9.92. The van der Waals surface area contributed by atoms with Crippen molar-refractivity contribution in [3.63, 3.8) is 0 Å². The summed E-state index contributed by atoms with van der Waals surface area (Å²) < 4.78 is 4.97. The van der Waals surface area contributed by atoms with E-state index in [9.17, 15) is 9.90 Å². The number of nitrogens with zero attached hydrogens (tertiary/aromatic N) is 2. The maximum Gasteiger partial charge on any atom is 0.356 e. The first-order chi connectivity index (χ1) is 14.4. The molecule has 1 saturated carbocycles. The van der Waals surface area contributed by atoms with Crippen LogP contribution in [0.3, 0.4) is 0 Å². The number of nitrogens with one attached hydrogen (secondary N) is 2. The Labute approximate surface area is 179 Å². The number of piperidine rings is 1. The predicted molar refractivity (Wildman–Crippen MR) is 120 cm³/mol. The normalized spacial score (nSPS) is 18.5. The van der Waals surface area contributed by atoms with Crippen molar-refractivity contribution in [3.8, 4) is 0 Å². The van der Waals surface area contributed by atoms with Crippen LogP contribution in [-0.2, 0) is 4.74 Å². The minimum absolute atomic E-state index is 0.0383. The number of anilines is 2. The summed E-state index contributed by atoms with van der Waals surface area (Å²) in [5.41, 5.74) is 2.47. The van der Waals surface area contributed by atoms with Crippen molar-refractivity contribution in [2.75, 3.05) is 37.0 Å². The van der Waals surface area contributed by atoms with Gasteiger partial charge in [0.25, 0.3) is 0 Å². The van der Waals surface area contributed by atoms with Crippen molar-refractivity contribution >= 4 is 23.2 Å². The zero-order chi connectivity index (χ0) is 21.7. The van der Waals surface area contributed by atoms with Crippen molar-refractivity contribution in [1.29, 1.82) is 5.41 Å². The standard InChI is InChI=1S/C23H36N4O3/c1-15(2)21(24)20-19(27-11-9-16(14-28)10-12-27)13-18(23(29)30-3)26-22(20)25-17-7-5-4-6-8-17/h13,15-17,24,28H,4-12,14H2,1-3H3,(H,25,26). The molecule has 2 fully saturated rings. The van der Waals surface area contributed by atoms with E-state index in [2.05, 4.69) is 15.2 Å². The van der Waals surface area contributed by atoms with Gasteiger partial charge in [-0.15, -0.1) is 0 Å². The largest absolute Gasteiger partial charge is 0.464 e. The molecule has 2 aliphatic rings. The number of carbonyl (C=O) groups excluding carboxylic acids is 1. The molecule has 0 spiro atoms. The van der Waals surface area contributed by atoms with Crippen LogP contribution in [-0.4, -0.2) is 54.6 Å². The molecule has 1 aromatic rings. The average molecular weight is 417 g/mol. The molecule has 7 heteroatoms. The molecule has 1 saturated heterocycles. The first kappa shape index (κ1) is 22.5. The SMILES string of the molecule is COC(=O)c1cc(N2CCC(CO)CC2)c(C(=N)C(C)C)c(NC2CCCCC2)n1. The second-order valence-electron chi connectivity index (χ2n) is 8.90. The van der Waals surface area contributed by atoms with E-state index in [1.807, 2.05) is 13.8 Å². The summed E-state index contributed by atoms with van der Waals surface area (Å²) >= 11 is 0. The number of rotatable bonds is 7. The average Bonchev–Trinajstić information content (AvgIpc) is 2.78. The summed E-state index contributed by atoms with van der Waals surface area (Å²) in [7, 11) is 1.37. The summed E-state index contributed by atoms with van der Waals surface area (Å²) in [5.74, 6) is 0.519. The summed E-state index contributed by atoms with van der Waals surface area (Å²) in [5, 5.41) is 21.9. The van der Waals surface area contributed by atoms with E-state index < -0.39 is 5.97 Å². The number of aliphatic hydroxyl groups is 1. The van der Waals surface area contributed by atoms with Gasteiger partial charge in [0.2, 0.25) is 0 Å². The summed E-state index contributed by atoms with van der Waals surface area (Å²) in [6, 6.07) is 2.09. The summed E-state index contributed by atoms with van der Waals surface area (Å²) in [4.78, 5) is 19.3. The highest BCUT2D eigenvalue weighted by molar-refractivity contribution is 6.09. The molecule has 2 heterocycles. The van der Waals surface area contributed by atoms with Gasteiger partial charge < -0.3 is 25.5 Å². The molecular formula is C23H36N4O3. The molecule has 30 heavy (non-hydrogen) atoms. The van der Waals surface area contributed by atoms with Crippen LogP contribution in [0.25, 0.3) is 0 Å². The Hall–Kier alpha value is -2.15. The van der Waals surface area contributed by atoms with Crippen molar-refractivity contribution < 1.29 is 14.6 Å². The Morgan fingerprint density at radius 3 is 2.50 bits per heavy atom. The molecule has 0 bridgehead atoms. The number of carbonyl (C=O) groups is 1. The monoisotopic (exact) mass is 416 g/mol. The van der Waals surface area contributed by atoms with Crippen molar-refractivity contribution in [2.45, 2.75) is 64.8 Å². The van der Waals surface area contributed by atoms with Crippen LogP contribution in [0.15, 0.2) is 6.07 Å². The molecule has 166 valence electrons. The maximum absolute atomic E-state index is 12.4. The van der Waals surface area contributed by atoms with E-state index in [1.54, 1.807) is 6.07 Å². The number of aliphatic hydroxyl groups excluding tert-OH is 1. The molecule has 7 nitrogen and oxygen atoms in total. The van der Waals surface area contributed by atoms with E-state index in [1.165, 1.54) is 26.4 Å². The number of hydrogen-bond acceptors (Lipinski definition) is 7. The topological polar surface area (TPSA) is 98.5 Å². The van der Waals surface area contributed by atoms with Gasteiger partial charge in [-0.1, -0.05) is 33.1 Å². The lowest BCUT2D eigenvalue weighted by molar-refractivity contribution is 0.0594. The van der Waals surface area contributed by atoms with E-state index in [4.69, 9.17) is 10.1 Å². The van der Waals surface area contributed by atoms with Gasteiger partial charge >= 0.3 is 5.97 Å². The van der Waals surface area contributed by atoms with Gasteiger partial charge in [0.1, 0.15) is 5.82 Å². The lowest BCUT2D eigenvalue weighted by Crippen LogP contribution is -2.36. The predicted octanol–water partition coefficient (Wildman–Crippen LogP) is 3.85. The van der Waals surface area contributed by atoms with Crippen LogP contribution in [0.2, 0.25) is 0 Å². The minimum Gasteiger partial charge on any atom is -0.464 e. The Morgan fingerprint density at radius 1 is 1.27 bits per heavy atom. The highest BCUT2D eigenvalue weighted by Crippen LogP contribution is 2.34. The number of ether oxygens (including phenoxy) is 1. The molecule has 3 N–H and O–H groups in total. The van der Waals surface area contributed by atoms with Gasteiger partial charge in [-0.2, -0.15) is 0 Å². The zero-order valence-electron chi connectivity index (χ0n) is 18.5. The number of hydrogen-bond donors (Lipinski definition) is 3. The number of aromatic nitrogens is 1. The first-order valence-corrected chi connectivity index (χ1v) is 11.3. The molecule has 0 aromatic carbocycles. The van der Waals surface area contributed by atoms with Gasteiger partial charge in [0.15, 0.2) is 5.69 Å². The number of esters is 1. The van der Waals surface area contributed by atoms with Crippen molar-refractivity contribution in [3.05, 3.63) is 17.3 Å².